The van der Waals surface area contributed by atoms with Gasteiger partial charge in [0.05, 0.1) is 13.2 Å². The number of alkyl halides is 1. The molecule has 0 fully saturated rings. The van der Waals surface area contributed by atoms with E-state index in [9.17, 15) is 4.79 Å². The summed E-state index contributed by atoms with van der Waals surface area (Å²) in [7, 11) is 1.59. The molecular formula is C14H20ClNO3. The molecule has 1 aromatic rings. The monoisotopic (exact) mass is 285 g/mol. The molecular weight excluding hydrogens is 266 g/mol. The summed E-state index contributed by atoms with van der Waals surface area (Å²) in [5.41, 5.74) is 0.929. The van der Waals surface area contributed by atoms with Crippen LogP contribution in [0.25, 0.3) is 0 Å². The van der Waals surface area contributed by atoms with Crippen molar-refractivity contribution in [2.75, 3.05) is 7.11 Å². The zero-order valence-electron chi connectivity index (χ0n) is 11.7. The second-order valence-electron chi connectivity index (χ2n) is 4.49. The van der Waals surface area contributed by atoms with E-state index in [1.165, 1.54) is 0 Å². The maximum absolute atomic E-state index is 11.4. The number of nitrogens with one attached hydrogen (secondary N) is 1. The van der Waals surface area contributed by atoms with E-state index in [4.69, 9.17) is 21.1 Å². The predicted octanol–water partition coefficient (Wildman–Crippen LogP) is 2.73. The zero-order chi connectivity index (χ0) is 14.4. The van der Waals surface area contributed by atoms with Gasteiger partial charge >= 0.3 is 0 Å². The number of halogens is 1. The molecule has 0 aliphatic heterocycles. The van der Waals surface area contributed by atoms with Crippen LogP contribution in [-0.4, -0.2) is 24.5 Å². The molecule has 4 nitrogen and oxygen atoms in total. The Morgan fingerprint density at radius 3 is 2.53 bits per heavy atom. The van der Waals surface area contributed by atoms with Crippen LogP contribution in [-0.2, 0) is 11.3 Å². The number of hydrogen-bond acceptors (Lipinski definition) is 3. The summed E-state index contributed by atoms with van der Waals surface area (Å²) in [5.74, 6) is 1.15. The summed E-state index contributed by atoms with van der Waals surface area (Å²) in [6, 6.07) is 5.57. The number of ether oxygens (including phenoxy) is 2. The lowest BCUT2D eigenvalue weighted by Crippen LogP contribution is -2.29. The second kappa shape index (κ2) is 7.24. The summed E-state index contributed by atoms with van der Waals surface area (Å²) >= 11 is 5.68. The lowest BCUT2D eigenvalue weighted by atomic mass is 10.2. The van der Waals surface area contributed by atoms with Crippen LogP contribution in [0.2, 0.25) is 0 Å². The molecule has 0 saturated carbocycles. The van der Waals surface area contributed by atoms with Crippen LogP contribution >= 0.6 is 11.6 Å². The molecule has 1 unspecified atom stereocenters. The van der Waals surface area contributed by atoms with Gasteiger partial charge in [-0.05, 0) is 38.5 Å². The molecule has 0 aromatic heterocycles. The highest BCUT2D eigenvalue weighted by atomic mass is 35.5. The number of methoxy groups -OCH3 is 1. The lowest BCUT2D eigenvalue weighted by Gasteiger charge is -2.15. The molecule has 1 aromatic carbocycles. The third-order valence-electron chi connectivity index (χ3n) is 2.42. The first-order valence-corrected chi connectivity index (χ1v) is 6.63. The Bertz CT molecular complexity index is 433. The van der Waals surface area contributed by atoms with Gasteiger partial charge in [0, 0.05) is 6.54 Å². The maximum atomic E-state index is 11.4. The Morgan fingerprint density at radius 2 is 2.00 bits per heavy atom. The fraction of sp³-hybridized carbons (Fsp3) is 0.500. The minimum Gasteiger partial charge on any atom is -0.493 e. The van der Waals surface area contributed by atoms with Crippen molar-refractivity contribution in [1.29, 1.82) is 0 Å². The molecule has 1 rings (SSSR count). The van der Waals surface area contributed by atoms with Crippen LogP contribution in [0.4, 0.5) is 0 Å². The Morgan fingerprint density at radius 1 is 1.32 bits per heavy atom. The van der Waals surface area contributed by atoms with Crippen LogP contribution < -0.4 is 14.8 Å². The largest absolute Gasteiger partial charge is 0.493 e. The third kappa shape index (κ3) is 4.99. The van der Waals surface area contributed by atoms with Crippen LogP contribution in [0.15, 0.2) is 18.2 Å². The average molecular weight is 286 g/mol. The van der Waals surface area contributed by atoms with Gasteiger partial charge in [-0.3, -0.25) is 4.79 Å². The first-order chi connectivity index (χ1) is 8.93. The highest BCUT2D eigenvalue weighted by Gasteiger charge is 2.10. The number of rotatable bonds is 6. The molecule has 0 bridgehead atoms. The van der Waals surface area contributed by atoms with Gasteiger partial charge in [-0.2, -0.15) is 0 Å². The first-order valence-electron chi connectivity index (χ1n) is 6.19. The predicted molar refractivity (Wildman–Crippen MR) is 75.9 cm³/mol. The summed E-state index contributed by atoms with van der Waals surface area (Å²) in [6.07, 6.45) is 0.0801. The number of carbonyl (C=O) groups excluding carboxylic acids is 1. The van der Waals surface area contributed by atoms with Crippen molar-refractivity contribution in [2.24, 2.45) is 0 Å². The molecule has 1 N–H and O–H groups in total. The highest BCUT2D eigenvalue weighted by Crippen LogP contribution is 2.28. The summed E-state index contributed by atoms with van der Waals surface area (Å²) < 4.78 is 10.9. The Balaban J connectivity index is 2.74. The van der Waals surface area contributed by atoms with Crippen LogP contribution in [0.1, 0.15) is 26.3 Å². The Labute approximate surface area is 119 Å². The molecule has 106 valence electrons. The fourth-order valence-corrected chi connectivity index (χ4v) is 1.58. The van der Waals surface area contributed by atoms with Gasteiger partial charge in [0.25, 0.3) is 0 Å². The standard InChI is InChI=1S/C14H20ClNO3/c1-9(2)19-12-6-5-11(7-13(12)18-4)8-16-14(17)10(3)15/h5-7,9-10H,8H2,1-4H3,(H,16,17). The first kappa shape index (κ1) is 15.6. The SMILES string of the molecule is COc1cc(CNC(=O)C(C)Cl)ccc1OC(C)C. The lowest BCUT2D eigenvalue weighted by molar-refractivity contribution is -0.120. The van der Waals surface area contributed by atoms with E-state index in [1.54, 1.807) is 14.0 Å². The van der Waals surface area contributed by atoms with Gasteiger partial charge in [0.15, 0.2) is 11.5 Å². The summed E-state index contributed by atoms with van der Waals surface area (Å²) in [4.78, 5) is 11.4. The molecule has 0 radical (unpaired) electrons. The topological polar surface area (TPSA) is 47.6 Å². The van der Waals surface area contributed by atoms with Gasteiger partial charge in [0.2, 0.25) is 5.91 Å². The van der Waals surface area contributed by atoms with Crippen LogP contribution in [0, 0.1) is 0 Å². The van der Waals surface area contributed by atoms with E-state index >= 15 is 0 Å². The van der Waals surface area contributed by atoms with E-state index in [0.29, 0.717) is 18.0 Å². The van der Waals surface area contributed by atoms with Crippen LogP contribution in [0.3, 0.4) is 0 Å². The Kier molecular flexibility index (Phi) is 5.96. The van der Waals surface area contributed by atoms with Crippen molar-refractivity contribution in [3.05, 3.63) is 23.8 Å². The van der Waals surface area contributed by atoms with Crippen molar-refractivity contribution in [1.82, 2.24) is 5.32 Å². The van der Waals surface area contributed by atoms with Crippen molar-refractivity contribution in [3.63, 3.8) is 0 Å². The number of hydrogen-bond donors (Lipinski definition) is 1. The Hall–Kier alpha value is -1.42. The fourth-order valence-electron chi connectivity index (χ4n) is 1.50. The van der Waals surface area contributed by atoms with Crippen molar-refractivity contribution in [2.45, 2.75) is 38.8 Å². The molecule has 0 aliphatic carbocycles. The zero-order valence-corrected chi connectivity index (χ0v) is 12.5. The summed E-state index contributed by atoms with van der Waals surface area (Å²) in [6.45, 7) is 5.95. The van der Waals surface area contributed by atoms with Gasteiger partial charge < -0.3 is 14.8 Å². The number of carbonyl (C=O) groups is 1. The van der Waals surface area contributed by atoms with Crippen molar-refractivity contribution < 1.29 is 14.3 Å². The molecule has 0 spiro atoms. The molecule has 0 heterocycles. The third-order valence-corrected chi connectivity index (χ3v) is 2.62. The maximum Gasteiger partial charge on any atom is 0.238 e. The molecule has 0 aliphatic rings. The molecule has 1 amide bonds. The van der Waals surface area contributed by atoms with Crippen molar-refractivity contribution >= 4 is 17.5 Å². The molecule has 5 heteroatoms. The van der Waals surface area contributed by atoms with Gasteiger partial charge in [-0.1, -0.05) is 6.07 Å². The minimum absolute atomic E-state index is 0.0801. The van der Waals surface area contributed by atoms with E-state index < -0.39 is 5.38 Å². The molecule has 1 atom stereocenters. The van der Waals surface area contributed by atoms with Crippen molar-refractivity contribution in [3.8, 4) is 11.5 Å². The van der Waals surface area contributed by atoms with Gasteiger partial charge in [0.1, 0.15) is 5.38 Å². The number of benzene rings is 1. The quantitative estimate of drug-likeness (QED) is 0.818. The second-order valence-corrected chi connectivity index (χ2v) is 5.14. The van der Waals surface area contributed by atoms with E-state index in [-0.39, 0.29) is 12.0 Å². The van der Waals surface area contributed by atoms with E-state index in [1.807, 2.05) is 32.0 Å². The minimum atomic E-state index is -0.537. The van der Waals surface area contributed by atoms with Gasteiger partial charge in [-0.25, -0.2) is 0 Å². The number of amides is 1. The molecule has 19 heavy (non-hydrogen) atoms. The highest BCUT2D eigenvalue weighted by molar-refractivity contribution is 6.30. The van der Waals surface area contributed by atoms with E-state index in [2.05, 4.69) is 5.32 Å². The van der Waals surface area contributed by atoms with Crippen LogP contribution in [0.5, 0.6) is 11.5 Å². The van der Waals surface area contributed by atoms with E-state index in [0.717, 1.165) is 5.56 Å². The van der Waals surface area contributed by atoms with Gasteiger partial charge in [-0.15, -0.1) is 11.6 Å². The molecule has 0 saturated heterocycles. The normalized spacial score (nSPS) is 12.1. The average Bonchev–Trinajstić information content (AvgIpc) is 2.36. The smallest absolute Gasteiger partial charge is 0.238 e. The summed E-state index contributed by atoms with van der Waals surface area (Å²) in [5, 5.41) is 2.21.